The van der Waals surface area contributed by atoms with Gasteiger partial charge in [-0.2, -0.15) is 0 Å². The van der Waals surface area contributed by atoms with Gasteiger partial charge in [-0.3, -0.25) is 19.7 Å². The Morgan fingerprint density at radius 3 is 2.36 bits per heavy atom. The van der Waals surface area contributed by atoms with Gasteiger partial charge in [-0.15, -0.1) is 0 Å². The zero-order valence-corrected chi connectivity index (χ0v) is 13.6. The lowest BCUT2D eigenvalue weighted by Crippen LogP contribution is -2.15. The van der Waals surface area contributed by atoms with E-state index in [1.54, 1.807) is 30.3 Å². The number of non-ortho nitro benzene ring substituents is 1. The number of carbonyl (C=O) groups is 2. The number of nitro benzene ring substituents is 1. The molecule has 7 heteroatoms. The molecular formula is C18H17N3O4. The minimum atomic E-state index is -0.520. The summed E-state index contributed by atoms with van der Waals surface area (Å²) in [7, 11) is 0. The molecule has 7 nitrogen and oxygen atoms in total. The molecule has 1 aliphatic carbocycles. The van der Waals surface area contributed by atoms with E-state index in [0.29, 0.717) is 22.9 Å². The van der Waals surface area contributed by atoms with Crippen molar-refractivity contribution < 1.29 is 14.5 Å². The van der Waals surface area contributed by atoms with Gasteiger partial charge < -0.3 is 10.6 Å². The van der Waals surface area contributed by atoms with Gasteiger partial charge in [-0.25, -0.2) is 0 Å². The summed E-state index contributed by atoms with van der Waals surface area (Å²) in [4.78, 5) is 34.4. The molecule has 1 saturated carbocycles. The van der Waals surface area contributed by atoms with Gasteiger partial charge in [0.15, 0.2) is 0 Å². The average molecular weight is 339 g/mol. The summed E-state index contributed by atoms with van der Waals surface area (Å²) in [6.45, 7) is 2.03. The highest BCUT2D eigenvalue weighted by Crippen LogP contribution is 2.38. The van der Waals surface area contributed by atoms with Crippen LogP contribution in [-0.2, 0) is 4.79 Å². The molecule has 1 aliphatic rings. The van der Waals surface area contributed by atoms with E-state index in [4.69, 9.17) is 0 Å². The summed E-state index contributed by atoms with van der Waals surface area (Å²) in [5, 5.41) is 16.2. The molecule has 0 saturated heterocycles. The standard InChI is InChI=1S/C18H17N3O4/c1-11-9-16(11)18(23)19-13-7-5-12(6-8-13)17(22)20-14-3-2-4-15(10-14)21(24)25/h2-8,10-11,16H,9H2,1H3,(H,19,23)(H,20,22)/t11-,16+/m0/s1. The van der Waals surface area contributed by atoms with Crippen LogP contribution >= 0.6 is 0 Å². The third kappa shape index (κ3) is 4.00. The lowest BCUT2D eigenvalue weighted by atomic mass is 10.1. The number of benzene rings is 2. The van der Waals surface area contributed by atoms with E-state index < -0.39 is 4.92 Å². The van der Waals surface area contributed by atoms with Gasteiger partial charge in [0.2, 0.25) is 5.91 Å². The number of hydrogen-bond donors (Lipinski definition) is 2. The Morgan fingerprint density at radius 2 is 1.76 bits per heavy atom. The molecule has 3 rings (SSSR count). The topological polar surface area (TPSA) is 101 Å². The summed E-state index contributed by atoms with van der Waals surface area (Å²) in [5.74, 6) is 0.132. The van der Waals surface area contributed by atoms with Crippen molar-refractivity contribution >= 4 is 28.9 Å². The van der Waals surface area contributed by atoms with E-state index in [1.165, 1.54) is 18.2 Å². The highest BCUT2D eigenvalue weighted by Gasteiger charge is 2.39. The quantitative estimate of drug-likeness (QED) is 0.643. The van der Waals surface area contributed by atoms with Crippen molar-refractivity contribution in [2.75, 3.05) is 10.6 Å². The number of hydrogen-bond acceptors (Lipinski definition) is 4. The number of anilines is 2. The van der Waals surface area contributed by atoms with Crippen LogP contribution in [0, 0.1) is 22.0 Å². The van der Waals surface area contributed by atoms with Gasteiger partial charge in [-0.1, -0.05) is 13.0 Å². The van der Waals surface area contributed by atoms with E-state index in [2.05, 4.69) is 10.6 Å². The maximum Gasteiger partial charge on any atom is 0.271 e. The molecule has 0 heterocycles. The van der Waals surface area contributed by atoms with Gasteiger partial charge >= 0.3 is 0 Å². The molecule has 0 aliphatic heterocycles. The average Bonchev–Trinajstić information content (AvgIpc) is 3.32. The van der Waals surface area contributed by atoms with Crippen molar-refractivity contribution in [2.24, 2.45) is 11.8 Å². The van der Waals surface area contributed by atoms with Gasteiger partial charge in [-0.05, 0) is 42.7 Å². The Morgan fingerprint density at radius 1 is 1.08 bits per heavy atom. The molecule has 0 bridgehead atoms. The Balaban J connectivity index is 1.63. The second kappa shape index (κ2) is 6.72. The maximum atomic E-state index is 12.2. The normalized spacial score (nSPS) is 18.3. The molecule has 1 fully saturated rings. The number of rotatable bonds is 5. The predicted molar refractivity (Wildman–Crippen MR) is 93.4 cm³/mol. The number of nitrogens with one attached hydrogen (secondary N) is 2. The summed E-state index contributed by atoms with van der Waals surface area (Å²) in [5.41, 5.74) is 1.28. The third-order valence-corrected chi connectivity index (χ3v) is 4.18. The molecule has 2 aromatic carbocycles. The molecule has 25 heavy (non-hydrogen) atoms. The minimum Gasteiger partial charge on any atom is -0.326 e. The molecule has 0 unspecified atom stereocenters. The SMILES string of the molecule is C[C@H]1C[C@H]1C(=O)Nc1ccc(C(=O)Nc2cccc([N+](=O)[O-])c2)cc1. The van der Waals surface area contributed by atoms with Crippen LogP contribution in [0.15, 0.2) is 48.5 Å². The van der Waals surface area contributed by atoms with Crippen LogP contribution in [0.2, 0.25) is 0 Å². The largest absolute Gasteiger partial charge is 0.326 e. The van der Waals surface area contributed by atoms with Gasteiger partial charge in [0.1, 0.15) is 0 Å². The van der Waals surface area contributed by atoms with Crippen molar-refractivity contribution in [3.8, 4) is 0 Å². The minimum absolute atomic E-state index is 0.00120. The summed E-state index contributed by atoms with van der Waals surface area (Å²) in [6, 6.07) is 12.2. The van der Waals surface area contributed by atoms with Gasteiger partial charge in [0, 0.05) is 35.0 Å². The number of carbonyl (C=O) groups excluding carboxylic acids is 2. The van der Waals surface area contributed by atoms with Crippen molar-refractivity contribution in [1.82, 2.24) is 0 Å². The molecular weight excluding hydrogens is 322 g/mol. The van der Waals surface area contributed by atoms with Crippen LogP contribution in [0.5, 0.6) is 0 Å². The number of nitro groups is 1. The van der Waals surface area contributed by atoms with Crippen molar-refractivity contribution in [2.45, 2.75) is 13.3 Å². The molecule has 2 atom stereocenters. The van der Waals surface area contributed by atoms with Crippen LogP contribution < -0.4 is 10.6 Å². The molecule has 0 spiro atoms. The summed E-state index contributed by atoms with van der Waals surface area (Å²) >= 11 is 0. The Bertz CT molecular complexity index is 832. The van der Waals surface area contributed by atoms with E-state index in [-0.39, 0.29) is 23.4 Å². The van der Waals surface area contributed by atoms with Crippen molar-refractivity contribution in [1.29, 1.82) is 0 Å². The Hall–Kier alpha value is -3.22. The first-order valence-corrected chi connectivity index (χ1v) is 7.91. The maximum absolute atomic E-state index is 12.2. The van der Waals surface area contributed by atoms with E-state index >= 15 is 0 Å². The summed E-state index contributed by atoms with van der Waals surface area (Å²) < 4.78 is 0. The van der Waals surface area contributed by atoms with Crippen LogP contribution in [-0.4, -0.2) is 16.7 Å². The first kappa shape index (κ1) is 16.6. The zero-order valence-electron chi connectivity index (χ0n) is 13.6. The number of amides is 2. The van der Waals surface area contributed by atoms with E-state index in [9.17, 15) is 19.7 Å². The van der Waals surface area contributed by atoms with Crippen LogP contribution in [0.1, 0.15) is 23.7 Å². The fourth-order valence-corrected chi connectivity index (χ4v) is 2.53. The van der Waals surface area contributed by atoms with E-state index in [0.717, 1.165) is 6.42 Å². The first-order chi connectivity index (χ1) is 11.9. The van der Waals surface area contributed by atoms with Crippen molar-refractivity contribution in [3.63, 3.8) is 0 Å². The third-order valence-electron chi connectivity index (χ3n) is 4.18. The monoisotopic (exact) mass is 339 g/mol. The second-order valence-electron chi connectivity index (χ2n) is 6.15. The fourth-order valence-electron chi connectivity index (χ4n) is 2.53. The van der Waals surface area contributed by atoms with Gasteiger partial charge in [0.05, 0.1) is 4.92 Å². The van der Waals surface area contributed by atoms with Crippen LogP contribution in [0.3, 0.4) is 0 Å². The molecule has 128 valence electrons. The van der Waals surface area contributed by atoms with Crippen LogP contribution in [0.4, 0.5) is 17.1 Å². The first-order valence-electron chi connectivity index (χ1n) is 7.91. The molecule has 2 N–H and O–H groups in total. The zero-order chi connectivity index (χ0) is 18.0. The van der Waals surface area contributed by atoms with Crippen molar-refractivity contribution in [3.05, 3.63) is 64.2 Å². The number of nitrogens with zero attached hydrogens (tertiary/aromatic N) is 1. The lowest BCUT2D eigenvalue weighted by Gasteiger charge is -2.07. The molecule has 0 radical (unpaired) electrons. The Kier molecular flexibility index (Phi) is 4.47. The van der Waals surface area contributed by atoms with E-state index in [1.807, 2.05) is 6.92 Å². The Labute approximate surface area is 144 Å². The summed E-state index contributed by atoms with van der Waals surface area (Å²) in [6.07, 6.45) is 0.912. The molecule has 2 aromatic rings. The highest BCUT2D eigenvalue weighted by atomic mass is 16.6. The molecule has 0 aromatic heterocycles. The predicted octanol–water partition coefficient (Wildman–Crippen LogP) is 3.44. The lowest BCUT2D eigenvalue weighted by molar-refractivity contribution is -0.384. The molecule has 2 amide bonds. The van der Waals surface area contributed by atoms with Gasteiger partial charge in [0.25, 0.3) is 11.6 Å². The highest BCUT2D eigenvalue weighted by molar-refractivity contribution is 6.04. The fraction of sp³-hybridized carbons (Fsp3) is 0.222. The smallest absolute Gasteiger partial charge is 0.271 e. The second-order valence-corrected chi connectivity index (χ2v) is 6.15. The van der Waals surface area contributed by atoms with Crippen LogP contribution in [0.25, 0.3) is 0 Å².